The lowest BCUT2D eigenvalue weighted by Crippen LogP contribution is -2.45. The number of carbonyl (C=O) groups is 2. The quantitative estimate of drug-likeness (QED) is 0.449. The average molecular weight is 565 g/mol. The zero-order valence-electron chi connectivity index (χ0n) is 22.8. The number of carbonyl (C=O) groups excluding carboxylic acids is 2. The molecule has 10 heteroatoms. The fraction of sp³-hybridized carbons (Fsp3) is 0.714. The van der Waals surface area contributed by atoms with Crippen molar-refractivity contribution in [2.75, 3.05) is 11.5 Å². The topological polar surface area (TPSA) is 126 Å². The summed E-state index contributed by atoms with van der Waals surface area (Å²) in [6.45, 7) is 8.19. The van der Waals surface area contributed by atoms with Crippen molar-refractivity contribution >= 4 is 31.6 Å². The van der Waals surface area contributed by atoms with Gasteiger partial charge < -0.3 is 0 Å². The molecule has 210 valence electrons. The average Bonchev–Trinajstić information content (AvgIpc) is 3.35. The van der Waals surface area contributed by atoms with Gasteiger partial charge in [-0.05, 0) is 59.5 Å². The van der Waals surface area contributed by atoms with Crippen LogP contribution in [0.1, 0.15) is 77.3 Å². The maximum atomic E-state index is 13.0. The molecule has 2 N–H and O–H groups in total. The van der Waals surface area contributed by atoms with Gasteiger partial charge in [0.15, 0.2) is 0 Å². The summed E-state index contributed by atoms with van der Waals surface area (Å²) in [6.07, 6.45) is 3.94. The molecule has 4 aliphatic rings. The van der Waals surface area contributed by atoms with E-state index in [1.807, 2.05) is 27.7 Å². The van der Waals surface area contributed by atoms with Gasteiger partial charge in [0, 0.05) is 36.8 Å². The smallest absolute Gasteiger partial charge is 0.212 e. The monoisotopic (exact) mass is 564 g/mol. The number of hydrogen-bond acceptors (Lipinski definition) is 6. The molecule has 0 unspecified atom stereocenters. The Labute approximate surface area is 226 Å². The fourth-order valence-electron chi connectivity index (χ4n) is 8.20. The highest BCUT2D eigenvalue weighted by Gasteiger charge is 2.66. The molecule has 8 nitrogen and oxygen atoms in total. The van der Waals surface area contributed by atoms with E-state index in [1.165, 1.54) is 0 Å². The molecule has 5 rings (SSSR count). The van der Waals surface area contributed by atoms with Gasteiger partial charge >= 0.3 is 0 Å². The van der Waals surface area contributed by atoms with Crippen molar-refractivity contribution in [1.29, 1.82) is 0 Å². The van der Waals surface area contributed by atoms with Crippen LogP contribution in [-0.2, 0) is 42.7 Å². The standard InChI is InChI=1S/C28H40N2O6S2/c1-25(2)21-8-10-27(25,23(31)13-21)17-37(33,34)29-15-19-6-5-7-20(12-19)16-30-38(35,36)18-28-11-9-22(14-24(28)32)26(28,3)4/h5-7,12,21-22,29-30H,8-11,13-18H2,1-4H3/t21-,22-,27+,28+/m0/s1. The molecule has 1 aromatic rings. The lowest BCUT2D eigenvalue weighted by Gasteiger charge is -2.36. The molecule has 4 saturated carbocycles. The third-order valence-corrected chi connectivity index (χ3v) is 14.0. The van der Waals surface area contributed by atoms with Crippen LogP contribution >= 0.6 is 0 Å². The largest absolute Gasteiger partial charge is 0.299 e. The van der Waals surface area contributed by atoms with Crippen molar-refractivity contribution in [3.63, 3.8) is 0 Å². The second-order valence-corrected chi connectivity index (χ2v) is 16.9. The zero-order valence-corrected chi connectivity index (χ0v) is 24.4. The minimum atomic E-state index is -3.71. The highest BCUT2D eigenvalue weighted by atomic mass is 32.2. The maximum absolute atomic E-state index is 13.0. The van der Waals surface area contributed by atoms with E-state index in [1.54, 1.807) is 24.3 Å². The molecule has 4 fully saturated rings. The number of nitrogens with one attached hydrogen (secondary N) is 2. The molecule has 4 bridgehead atoms. The van der Waals surface area contributed by atoms with Crippen molar-refractivity contribution in [2.24, 2.45) is 33.5 Å². The molecule has 0 amide bonds. The van der Waals surface area contributed by atoms with E-state index in [2.05, 4.69) is 9.44 Å². The van der Waals surface area contributed by atoms with E-state index in [9.17, 15) is 26.4 Å². The van der Waals surface area contributed by atoms with E-state index in [0.717, 1.165) is 12.8 Å². The van der Waals surface area contributed by atoms with Gasteiger partial charge in [0.1, 0.15) is 11.6 Å². The number of ketones is 2. The molecular weight excluding hydrogens is 524 g/mol. The molecule has 1 aromatic carbocycles. The Bertz CT molecular complexity index is 1280. The maximum Gasteiger partial charge on any atom is 0.212 e. The minimum absolute atomic E-state index is 0.0598. The molecule has 0 saturated heterocycles. The van der Waals surface area contributed by atoms with E-state index < -0.39 is 30.9 Å². The van der Waals surface area contributed by atoms with Gasteiger partial charge in [-0.25, -0.2) is 26.3 Å². The van der Waals surface area contributed by atoms with E-state index in [0.29, 0.717) is 36.8 Å². The van der Waals surface area contributed by atoms with Gasteiger partial charge in [-0.15, -0.1) is 0 Å². The van der Waals surface area contributed by atoms with Gasteiger partial charge in [-0.2, -0.15) is 0 Å². The highest BCUT2D eigenvalue weighted by molar-refractivity contribution is 7.89. The van der Waals surface area contributed by atoms with Crippen LogP contribution in [0.2, 0.25) is 0 Å². The van der Waals surface area contributed by atoms with Crippen molar-refractivity contribution in [3.8, 4) is 0 Å². The Kier molecular flexibility index (Phi) is 6.57. The molecule has 4 aliphatic carbocycles. The Morgan fingerprint density at radius 3 is 1.45 bits per heavy atom. The Morgan fingerprint density at radius 1 is 0.737 bits per heavy atom. The molecular formula is C28H40N2O6S2. The van der Waals surface area contributed by atoms with Crippen molar-refractivity contribution < 1.29 is 26.4 Å². The van der Waals surface area contributed by atoms with Gasteiger partial charge in [0.25, 0.3) is 0 Å². The van der Waals surface area contributed by atoms with Gasteiger partial charge in [0.2, 0.25) is 20.0 Å². The van der Waals surface area contributed by atoms with Crippen LogP contribution in [0.15, 0.2) is 24.3 Å². The fourth-order valence-corrected chi connectivity index (χ4v) is 11.8. The first-order valence-electron chi connectivity index (χ1n) is 13.6. The summed E-state index contributed by atoms with van der Waals surface area (Å²) < 4.78 is 57.5. The molecule has 0 radical (unpaired) electrons. The minimum Gasteiger partial charge on any atom is -0.299 e. The Hall–Kier alpha value is -1.62. The second kappa shape index (κ2) is 8.94. The summed E-state index contributed by atoms with van der Waals surface area (Å²) in [6, 6.07) is 7.11. The molecule has 0 heterocycles. The van der Waals surface area contributed by atoms with Crippen LogP contribution in [0.4, 0.5) is 0 Å². The van der Waals surface area contributed by atoms with E-state index >= 15 is 0 Å². The number of Topliss-reactive ketones (excluding diaryl/α,β-unsaturated/α-hetero) is 2. The molecule has 4 atom stereocenters. The van der Waals surface area contributed by atoms with E-state index in [-0.39, 0.29) is 58.8 Å². The normalized spacial score (nSPS) is 33.4. The predicted molar refractivity (Wildman–Crippen MR) is 145 cm³/mol. The summed E-state index contributed by atoms with van der Waals surface area (Å²) in [5.41, 5.74) is -0.891. The number of benzene rings is 1. The number of fused-ring (bicyclic) bond motifs is 4. The predicted octanol–water partition coefficient (Wildman–Crippen LogP) is 3.32. The summed E-state index contributed by atoms with van der Waals surface area (Å²) in [7, 11) is -7.42. The first-order chi connectivity index (χ1) is 17.5. The zero-order chi connectivity index (χ0) is 27.8. The second-order valence-electron chi connectivity index (χ2n) is 13.3. The summed E-state index contributed by atoms with van der Waals surface area (Å²) in [5.74, 6) is 0.234. The highest BCUT2D eigenvalue weighted by Crippen LogP contribution is 2.65. The third kappa shape index (κ3) is 4.30. The molecule has 0 aliphatic heterocycles. The van der Waals surface area contributed by atoms with E-state index in [4.69, 9.17) is 0 Å². The van der Waals surface area contributed by atoms with Gasteiger partial charge in [-0.1, -0.05) is 52.0 Å². The first-order valence-corrected chi connectivity index (χ1v) is 16.9. The molecule has 38 heavy (non-hydrogen) atoms. The molecule has 0 spiro atoms. The van der Waals surface area contributed by atoms with Gasteiger partial charge in [-0.3, -0.25) is 9.59 Å². The van der Waals surface area contributed by atoms with Gasteiger partial charge in [0.05, 0.1) is 11.5 Å². The Balaban J connectivity index is 1.20. The van der Waals surface area contributed by atoms with Crippen molar-refractivity contribution in [2.45, 2.75) is 79.3 Å². The lowest BCUT2D eigenvalue weighted by molar-refractivity contribution is -0.128. The van der Waals surface area contributed by atoms with Crippen LogP contribution in [0.3, 0.4) is 0 Å². The molecule has 0 aromatic heterocycles. The SMILES string of the molecule is CC1(C)[C@H]2CC[C@@]1(CS(=O)(=O)NCc1cccc(CNS(=O)(=O)C[C@]34CC[C@@H](CC3=O)C4(C)C)c1)C(=O)C2. The first kappa shape index (κ1) is 27.9. The van der Waals surface area contributed by atoms with Crippen LogP contribution in [-0.4, -0.2) is 39.9 Å². The number of hydrogen-bond donors (Lipinski definition) is 2. The van der Waals surface area contributed by atoms with Crippen LogP contribution in [0, 0.1) is 33.5 Å². The number of rotatable bonds is 10. The Morgan fingerprint density at radius 2 is 1.13 bits per heavy atom. The van der Waals surface area contributed by atoms with Crippen molar-refractivity contribution in [1.82, 2.24) is 9.44 Å². The number of sulfonamides is 2. The van der Waals surface area contributed by atoms with Crippen LogP contribution in [0.25, 0.3) is 0 Å². The summed E-state index contributed by atoms with van der Waals surface area (Å²) >= 11 is 0. The van der Waals surface area contributed by atoms with Crippen LogP contribution < -0.4 is 9.44 Å². The lowest BCUT2D eigenvalue weighted by atomic mass is 9.70. The summed E-state index contributed by atoms with van der Waals surface area (Å²) in [5, 5.41) is 0. The van der Waals surface area contributed by atoms with Crippen LogP contribution in [0.5, 0.6) is 0 Å². The third-order valence-electron chi connectivity index (χ3n) is 11.1. The summed E-state index contributed by atoms with van der Waals surface area (Å²) in [4.78, 5) is 25.5. The van der Waals surface area contributed by atoms with Crippen molar-refractivity contribution in [3.05, 3.63) is 35.4 Å².